The maximum atomic E-state index is 13.0. The molecule has 0 spiro atoms. The Hall–Kier alpha value is -1.60. The molecular formula is C11H10F3NO3. The molecule has 4 nitrogen and oxygen atoms in total. The summed E-state index contributed by atoms with van der Waals surface area (Å²) in [7, 11) is 0. The fraction of sp³-hybridized carbons (Fsp3) is 0.364. The van der Waals surface area contributed by atoms with Gasteiger partial charge >= 0.3 is 0 Å². The molecule has 2 rings (SSSR count). The van der Waals surface area contributed by atoms with E-state index in [2.05, 4.69) is 4.74 Å². The van der Waals surface area contributed by atoms with Gasteiger partial charge in [-0.2, -0.15) is 0 Å². The first kappa shape index (κ1) is 12.8. The van der Waals surface area contributed by atoms with Crippen molar-refractivity contribution in [3.8, 4) is 0 Å². The summed E-state index contributed by atoms with van der Waals surface area (Å²) in [6.45, 7) is 0.197. The summed E-state index contributed by atoms with van der Waals surface area (Å²) in [6, 6.07) is 1.63. The van der Waals surface area contributed by atoms with Gasteiger partial charge in [0.05, 0.1) is 6.61 Å². The molecule has 0 aliphatic carbocycles. The van der Waals surface area contributed by atoms with Crippen LogP contribution in [0.15, 0.2) is 12.1 Å². The molecule has 1 heterocycles. The predicted molar refractivity (Wildman–Crippen MR) is 53.7 cm³/mol. The first-order valence-corrected chi connectivity index (χ1v) is 5.21. The molecule has 0 radical (unpaired) electrons. The molecule has 7 heteroatoms. The SMILES string of the molecule is O=C1C(O)OCCN1Cc1cc(F)c(F)c(F)c1. The molecule has 18 heavy (non-hydrogen) atoms. The minimum absolute atomic E-state index is 0.105. The maximum absolute atomic E-state index is 13.0. The second kappa shape index (κ2) is 4.95. The molecule has 1 saturated heterocycles. The zero-order valence-corrected chi connectivity index (χ0v) is 9.20. The highest BCUT2D eigenvalue weighted by atomic mass is 19.2. The third-order valence-corrected chi connectivity index (χ3v) is 2.58. The molecule has 98 valence electrons. The van der Waals surface area contributed by atoms with Crippen molar-refractivity contribution in [2.24, 2.45) is 0 Å². The molecule has 1 aliphatic heterocycles. The van der Waals surface area contributed by atoms with Crippen molar-refractivity contribution in [2.75, 3.05) is 13.2 Å². The standard InChI is InChI=1S/C11H10F3NO3/c12-7-3-6(4-8(13)9(7)14)5-15-1-2-18-11(17)10(15)16/h3-4,11,17H,1-2,5H2. The smallest absolute Gasteiger partial charge is 0.279 e. The van der Waals surface area contributed by atoms with Crippen LogP contribution in [-0.2, 0) is 16.1 Å². The quantitative estimate of drug-likeness (QED) is 0.800. The fourth-order valence-electron chi connectivity index (χ4n) is 1.69. The number of carbonyl (C=O) groups is 1. The van der Waals surface area contributed by atoms with E-state index in [9.17, 15) is 18.0 Å². The van der Waals surface area contributed by atoms with Crippen molar-refractivity contribution in [1.82, 2.24) is 4.90 Å². The third-order valence-electron chi connectivity index (χ3n) is 2.58. The Labute approximate surface area is 101 Å². The van der Waals surface area contributed by atoms with Crippen LogP contribution in [0, 0.1) is 17.5 Å². The Balaban J connectivity index is 2.16. The van der Waals surface area contributed by atoms with Crippen LogP contribution in [0.1, 0.15) is 5.56 Å². The van der Waals surface area contributed by atoms with Gasteiger partial charge in [0.1, 0.15) is 0 Å². The predicted octanol–water partition coefficient (Wildman–Crippen LogP) is 0.781. The fourth-order valence-corrected chi connectivity index (χ4v) is 1.69. The molecule has 0 bridgehead atoms. The van der Waals surface area contributed by atoms with Crippen LogP contribution < -0.4 is 0 Å². The first-order valence-electron chi connectivity index (χ1n) is 5.21. The van der Waals surface area contributed by atoms with Gasteiger partial charge in [-0.15, -0.1) is 0 Å². The average Bonchev–Trinajstić information content (AvgIpc) is 2.32. The Kier molecular flexibility index (Phi) is 3.53. The van der Waals surface area contributed by atoms with Gasteiger partial charge in [0.2, 0.25) is 6.29 Å². The van der Waals surface area contributed by atoms with Crippen LogP contribution in [0.5, 0.6) is 0 Å². The van der Waals surface area contributed by atoms with Gasteiger partial charge < -0.3 is 14.7 Å². The minimum Gasteiger partial charge on any atom is -0.361 e. The van der Waals surface area contributed by atoms with E-state index in [1.807, 2.05) is 0 Å². The number of hydrogen-bond donors (Lipinski definition) is 1. The summed E-state index contributed by atoms with van der Waals surface area (Å²) < 4.78 is 43.4. The normalized spacial score (nSPS) is 20.3. The molecule has 1 aromatic carbocycles. The van der Waals surface area contributed by atoms with Crippen molar-refractivity contribution in [2.45, 2.75) is 12.8 Å². The van der Waals surface area contributed by atoms with Gasteiger partial charge in [-0.1, -0.05) is 0 Å². The highest BCUT2D eigenvalue weighted by molar-refractivity contribution is 5.79. The van der Waals surface area contributed by atoms with Crippen molar-refractivity contribution < 1.29 is 27.8 Å². The Bertz CT molecular complexity index is 458. The Morgan fingerprint density at radius 2 is 1.94 bits per heavy atom. The van der Waals surface area contributed by atoms with E-state index < -0.39 is 29.6 Å². The Morgan fingerprint density at radius 1 is 1.33 bits per heavy atom. The molecule has 1 unspecified atom stereocenters. The lowest BCUT2D eigenvalue weighted by Crippen LogP contribution is -2.47. The van der Waals surface area contributed by atoms with Crippen LogP contribution in [0.4, 0.5) is 13.2 Å². The van der Waals surface area contributed by atoms with E-state index in [1.165, 1.54) is 4.90 Å². The lowest BCUT2D eigenvalue weighted by atomic mass is 10.2. The lowest BCUT2D eigenvalue weighted by Gasteiger charge is -2.29. The summed E-state index contributed by atoms with van der Waals surface area (Å²) >= 11 is 0. The molecule has 1 N–H and O–H groups in total. The Morgan fingerprint density at radius 3 is 2.56 bits per heavy atom. The summed E-state index contributed by atoms with van der Waals surface area (Å²) in [6.07, 6.45) is -1.56. The van der Waals surface area contributed by atoms with E-state index in [1.54, 1.807) is 0 Å². The van der Waals surface area contributed by atoms with Crippen LogP contribution in [0.2, 0.25) is 0 Å². The van der Waals surface area contributed by atoms with Gasteiger partial charge in [-0.3, -0.25) is 4.79 Å². The maximum Gasteiger partial charge on any atom is 0.279 e. The number of ether oxygens (including phenoxy) is 1. The summed E-state index contributed by atoms with van der Waals surface area (Å²) in [5.74, 6) is -4.86. The molecule has 1 aliphatic rings. The number of morpholine rings is 1. The van der Waals surface area contributed by atoms with Gasteiger partial charge in [0.25, 0.3) is 5.91 Å². The van der Waals surface area contributed by atoms with E-state index >= 15 is 0 Å². The number of aliphatic hydroxyl groups excluding tert-OH is 1. The number of rotatable bonds is 2. The van der Waals surface area contributed by atoms with Crippen LogP contribution >= 0.6 is 0 Å². The van der Waals surface area contributed by atoms with Crippen LogP contribution in [0.3, 0.4) is 0 Å². The average molecular weight is 261 g/mol. The lowest BCUT2D eigenvalue weighted by molar-refractivity contribution is -0.184. The molecule has 0 aromatic heterocycles. The second-order valence-corrected chi connectivity index (χ2v) is 3.86. The molecule has 1 fully saturated rings. The van der Waals surface area contributed by atoms with Gasteiger partial charge in [-0.25, -0.2) is 13.2 Å². The van der Waals surface area contributed by atoms with E-state index in [0.717, 1.165) is 12.1 Å². The van der Waals surface area contributed by atoms with Gasteiger partial charge in [0, 0.05) is 13.1 Å². The highest BCUT2D eigenvalue weighted by Gasteiger charge is 2.28. The molecule has 0 saturated carbocycles. The first-order chi connectivity index (χ1) is 8.49. The second-order valence-electron chi connectivity index (χ2n) is 3.86. The number of amides is 1. The number of aliphatic hydroxyl groups is 1. The summed E-state index contributed by atoms with van der Waals surface area (Å²) in [5, 5.41) is 9.16. The highest BCUT2D eigenvalue weighted by Crippen LogP contribution is 2.16. The molecule has 1 aromatic rings. The van der Waals surface area contributed by atoms with Crippen molar-refractivity contribution in [3.05, 3.63) is 35.1 Å². The molecule has 1 atom stereocenters. The number of carbonyl (C=O) groups excluding carboxylic acids is 1. The summed E-state index contributed by atoms with van der Waals surface area (Å²) in [4.78, 5) is 12.6. The largest absolute Gasteiger partial charge is 0.361 e. The zero-order chi connectivity index (χ0) is 13.3. The third kappa shape index (κ3) is 2.46. The van der Waals surface area contributed by atoms with Crippen molar-refractivity contribution in [3.63, 3.8) is 0 Å². The monoisotopic (exact) mass is 261 g/mol. The number of hydrogen-bond acceptors (Lipinski definition) is 3. The zero-order valence-electron chi connectivity index (χ0n) is 9.20. The molecular weight excluding hydrogens is 251 g/mol. The van der Waals surface area contributed by atoms with Gasteiger partial charge in [0.15, 0.2) is 17.5 Å². The number of nitrogens with zero attached hydrogens (tertiary/aromatic N) is 1. The minimum atomic E-state index is -1.56. The number of halogens is 3. The van der Waals surface area contributed by atoms with E-state index in [-0.39, 0.29) is 25.3 Å². The van der Waals surface area contributed by atoms with Crippen molar-refractivity contribution in [1.29, 1.82) is 0 Å². The van der Waals surface area contributed by atoms with E-state index in [4.69, 9.17) is 5.11 Å². The van der Waals surface area contributed by atoms with E-state index in [0.29, 0.717) is 0 Å². The van der Waals surface area contributed by atoms with Gasteiger partial charge in [-0.05, 0) is 17.7 Å². The van der Waals surface area contributed by atoms with Crippen LogP contribution in [-0.4, -0.2) is 35.4 Å². The molecule has 1 amide bonds. The topological polar surface area (TPSA) is 49.8 Å². The summed E-state index contributed by atoms with van der Waals surface area (Å²) in [5.41, 5.74) is 0.105. The number of benzene rings is 1. The van der Waals surface area contributed by atoms with Crippen molar-refractivity contribution >= 4 is 5.91 Å². The van der Waals surface area contributed by atoms with Crippen LogP contribution in [0.25, 0.3) is 0 Å².